The van der Waals surface area contributed by atoms with E-state index in [4.69, 9.17) is 4.74 Å². The van der Waals surface area contributed by atoms with E-state index in [9.17, 15) is 4.79 Å². The highest BCUT2D eigenvalue weighted by molar-refractivity contribution is 5.72. The van der Waals surface area contributed by atoms with E-state index in [1.165, 1.54) is 0 Å². The van der Waals surface area contributed by atoms with Crippen molar-refractivity contribution in [3.8, 4) is 0 Å². The summed E-state index contributed by atoms with van der Waals surface area (Å²) < 4.78 is 5.10. The summed E-state index contributed by atoms with van der Waals surface area (Å²) >= 11 is 0. The number of carbonyl (C=O) groups excluding carboxylic acids is 1. The molecule has 0 aromatic rings. The van der Waals surface area contributed by atoms with Crippen LogP contribution in [0.5, 0.6) is 0 Å². The largest absolute Gasteiger partial charge is 0.466 e. The molecule has 98 valence electrons. The summed E-state index contributed by atoms with van der Waals surface area (Å²) in [6.45, 7) is 6.93. The number of nitrogens with one attached hydrogen (secondary N) is 1. The topological polar surface area (TPSA) is 41.6 Å². The summed E-state index contributed by atoms with van der Waals surface area (Å²) in [6, 6.07) is 0.697. The zero-order chi connectivity index (χ0) is 12.1. The van der Waals surface area contributed by atoms with Crippen molar-refractivity contribution >= 4 is 5.97 Å². The Morgan fingerprint density at radius 3 is 2.47 bits per heavy atom. The van der Waals surface area contributed by atoms with E-state index >= 15 is 0 Å². The second kappa shape index (κ2) is 6.36. The molecule has 1 aliphatic heterocycles. The minimum atomic E-state index is 0.0197. The smallest absolute Gasteiger partial charge is 0.308 e. The number of hydrogen-bond donors (Lipinski definition) is 1. The van der Waals surface area contributed by atoms with Crippen molar-refractivity contribution in [2.24, 2.45) is 5.92 Å². The van der Waals surface area contributed by atoms with E-state index in [1.54, 1.807) is 0 Å². The van der Waals surface area contributed by atoms with Gasteiger partial charge in [0.2, 0.25) is 0 Å². The Balaban J connectivity index is 1.75. The summed E-state index contributed by atoms with van der Waals surface area (Å²) in [6.07, 6.45) is 4.33. The van der Waals surface area contributed by atoms with Crippen LogP contribution in [0.25, 0.3) is 0 Å². The Morgan fingerprint density at radius 1 is 1.24 bits per heavy atom. The molecule has 1 aliphatic carbocycles. The molecular formula is C13H24N2O2. The van der Waals surface area contributed by atoms with Gasteiger partial charge in [0.05, 0.1) is 12.5 Å². The van der Waals surface area contributed by atoms with E-state index in [0.29, 0.717) is 12.6 Å². The van der Waals surface area contributed by atoms with Gasteiger partial charge in [-0.05, 0) is 32.6 Å². The summed E-state index contributed by atoms with van der Waals surface area (Å²) in [5.41, 5.74) is 0. The first-order chi connectivity index (χ1) is 8.31. The molecule has 4 heteroatoms. The van der Waals surface area contributed by atoms with Gasteiger partial charge >= 0.3 is 5.97 Å². The molecule has 2 aliphatic rings. The number of nitrogens with zero attached hydrogens (tertiary/aromatic N) is 1. The van der Waals surface area contributed by atoms with Crippen molar-refractivity contribution in [2.45, 2.75) is 38.6 Å². The van der Waals surface area contributed by atoms with Crippen LogP contribution in [0, 0.1) is 5.92 Å². The summed E-state index contributed by atoms with van der Waals surface area (Å²) in [5, 5.41) is 3.38. The van der Waals surface area contributed by atoms with Gasteiger partial charge in [0, 0.05) is 32.2 Å². The van der Waals surface area contributed by atoms with Gasteiger partial charge in [0.25, 0.3) is 0 Å². The summed E-state index contributed by atoms with van der Waals surface area (Å²) in [5.74, 6) is 0.181. The molecule has 0 bridgehead atoms. The first-order valence-corrected chi connectivity index (χ1v) is 6.92. The number of hydrogen-bond acceptors (Lipinski definition) is 4. The maximum absolute atomic E-state index is 11.6. The maximum Gasteiger partial charge on any atom is 0.308 e. The molecular weight excluding hydrogens is 216 g/mol. The predicted octanol–water partition coefficient (Wildman–Crippen LogP) is 1.01. The van der Waals surface area contributed by atoms with Crippen LogP contribution >= 0.6 is 0 Å². The lowest BCUT2D eigenvalue weighted by Gasteiger charge is -2.38. The van der Waals surface area contributed by atoms with Crippen molar-refractivity contribution in [1.82, 2.24) is 10.2 Å². The fourth-order valence-corrected chi connectivity index (χ4v) is 2.98. The summed E-state index contributed by atoms with van der Waals surface area (Å²) in [4.78, 5) is 14.2. The van der Waals surface area contributed by atoms with Gasteiger partial charge < -0.3 is 10.1 Å². The molecule has 1 saturated carbocycles. The van der Waals surface area contributed by atoms with Gasteiger partial charge in [0.1, 0.15) is 0 Å². The number of piperazine rings is 1. The van der Waals surface area contributed by atoms with Gasteiger partial charge in [0.15, 0.2) is 0 Å². The van der Waals surface area contributed by atoms with E-state index in [1.807, 2.05) is 6.92 Å². The van der Waals surface area contributed by atoms with Crippen LogP contribution in [0.4, 0.5) is 0 Å². The lowest BCUT2D eigenvalue weighted by atomic mass is 9.85. The Kier molecular flexibility index (Phi) is 4.80. The molecule has 0 aromatic carbocycles. The number of rotatable bonds is 3. The zero-order valence-corrected chi connectivity index (χ0v) is 10.8. The fourth-order valence-electron chi connectivity index (χ4n) is 2.98. The molecule has 2 rings (SSSR count). The normalized spacial score (nSPS) is 31.1. The SMILES string of the molecule is CCOC(=O)[C@H]1CC[C@H](N2CCNCC2)CC1. The van der Waals surface area contributed by atoms with E-state index < -0.39 is 0 Å². The highest BCUT2D eigenvalue weighted by atomic mass is 16.5. The van der Waals surface area contributed by atoms with Crippen molar-refractivity contribution in [3.63, 3.8) is 0 Å². The van der Waals surface area contributed by atoms with E-state index in [-0.39, 0.29) is 11.9 Å². The molecule has 0 aromatic heterocycles. The second-order valence-corrected chi connectivity index (χ2v) is 5.04. The van der Waals surface area contributed by atoms with E-state index in [2.05, 4.69) is 10.2 Å². The second-order valence-electron chi connectivity index (χ2n) is 5.04. The van der Waals surface area contributed by atoms with Gasteiger partial charge in [-0.2, -0.15) is 0 Å². The Bertz CT molecular complexity index is 244. The molecule has 0 spiro atoms. The Labute approximate surface area is 104 Å². The third kappa shape index (κ3) is 3.42. The van der Waals surface area contributed by atoms with Crippen LogP contribution in [0.3, 0.4) is 0 Å². The van der Waals surface area contributed by atoms with Gasteiger partial charge in [-0.3, -0.25) is 9.69 Å². The number of ether oxygens (including phenoxy) is 1. The van der Waals surface area contributed by atoms with Crippen molar-refractivity contribution in [3.05, 3.63) is 0 Å². The molecule has 1 heterocycles. The third-order valence-corrected chi connectivity index (χ3v) is 3.98. The quantitative estimate of drug-likeness (QED) is 0.748. The first-order valence-electron chi connectivity index (χ1n) is 6.92. The van der Waals surface area contributed by atoms with Gasteiger partial charge in [-0.15, -0.1) is 0 Å². The van der Waals surface area contributed by atoms with Crippen LogP contribution in [-0.4, -0.2) is 49.7 Å². The van der Waals surface area contributed by atoms with Crippen LogP contribution in [0.1, 0.15) is 32.6 Å². The fraction of sp³-hybridized carbons (Fsp3) is 0.923. The molecule has 4 nitrogen and oxygen atoms in total. The van der Waals surface area contributed by atoms with Crippen LogP contribution in [0.2, 0.25) is 0 Å². The highest BCUT2D eigenvalue weighted by Crippen LogP contribution is 2.28. The summed E-state index contributed by atoms with van der Waals surface area (Å²) in [7, 11) is 0. The Hall–Kier alpha value is -0.610. The van der Waals surface area contributed by atoms with Crippen molar-refractivity contribution in [1.29, 1.82) is 0 Å². The van der Waals surface area contributed by atoms with Gasteiger partial charge in [-0.25, -0.2) is 0 Å². The molecule has 0 amide bonds. The molecule has 2 fully saturated rings. The molecule has 1 N–H and O–H groups in total. The zero-order valence-electron chi connectivity index (χ0n) is 10.8. The molecule has 17 heavy (non-hydrogen) atoms. The lowest BCUT2D eigenvalue weighted by Crippen LogP contribution is -2.49. The van der Waals surface area contributed by atoms with Crippen molar-refractivity contribution < 1.29 is 9.53 Å². The minimum absolute atomic E-state index is 0.0197. The molecule has 0 unspecified atom stereocenters. The van der Waals surface area contributed by atoms with Crippen LogP contribution in [0.15, 0.2) is 0 Å². The average molecular weight is 240 g/mol. The van der Waals surface area contributed by atoms with Crippen LogP contribution < -0.4 is 5.32 Å². The van der Waals surface area contributed by atoms with E-state index in [0.717, 1.165) is 51.9 Å². The predicted molar refractivity (Wildman–Crippen MR) is 66.8 cm³/mol. The maximum atomic E-state index is 11.6. The van der Waals surface area contributed by atoms with Crippen LogP contribution in [-0.2, 0) is 9.53 Å². The monoisotopic (exact) mass is 240 g/mol. The standard InChI is InChI=1S/C13H24N2O2/c1-2-17-13(16)11-3-5-12(6-4-11)15-9-7-14-8-10-15/h11-12,14H,2-10H2,1H3/t11-,12-. The first kappa shape index (κ1) is 12.8. The third-order valence-electron chi connectivity index (χ3n) is 3.98. The molecule has 1 saturated heterocycles. The highest BCUT2D eigenvalue weighted by Gasteiger charge is 2.30. The molecule has 0 radical (unpaired) electrons. The molecule has 0 atom stereocenters. The average Bonchev–Trinajstić information content (AvgIpc) is 2.40. The minimum Gasteiger partial charge on any atom is -0.466 e. The van der Waals surface area contributed by atoms with Crippen molar-refractivity contribution in [2.75, 3.05) is 32.8 Å². The number of esters is 1. The Morgan fingerprint density at radius 2 is 1.88 bits per heavy atom. The number of carbonyl (C=O) groups is 1. The van der Waals surface area contributed by atoms with Gasteiger partial charge in [-0.1, -0.05) is 0 Å². The lowest BCUT2D eigenvalue weighted by molar-refractivity contribution is -0.149.